The minimum Gasteiger partial charge on any atom is -0.455 e. The number of aliphatic hydroxyl groups is 1. The molecule has 3 amide bonds. The molecule has 14 heteroatoms. The summed E-state index contributed by atoms with van der Waals surface area (Å²) in [5.74, 6) is -3.42. The van der Waals surface area contributed by atoms with E-state index >= 15 is 0 Å². The standard InChI is InChI=1S/C40H49BrN6O7/c1-5-7-20-31(49)44(4)26(3)34(27-16-10-8-11-17-27)53-39(52)32-33-37(50)46(22-14-9-15-23-48)36(40(33)24-28(41)35(32)54-40)38(51)45(21-6-2)25-47-30-19-13-12-18-29(30)42-43-47/h5-6,8,10-13,16-19,26,28,32-36,48H,1-2,7,9,14-15,20-25H2,3-4H3/t26-,28?,32+,33-,34+,35+,36+,40-/m0/s1. The summed E-state index contributed by atoms with van der Waals surface area (Å²) >= 11 is 3.76. The van der Waals surface area contributed by atoms with Gasteiger partial charge in [-0.3, -0.25) is 19.2 Å². The Labute approximate surface area is 324 Å². The van der Waals surface area contributed by atoms with Gasteiger partial charge < -0.3 is 29.3 Å². The largest absolute Gasteiger partial charge is 0.455 e. The summed E-state index contributed by atoms with van der Waals surface area (Å²) in [6.45, 7) is 9.93. The van der Waals surface area contributed by atoms with Crippen molar-refractivity contribution in [1.82, 2.24) is 29.7 Å². The number of allylic oxidation sites excluding steroid dienone is 1. The Balaban J connectivity index is 1.33. The number of rotatable bonds is 18. The predicted octanol–water partition coefficient (Wildman–Crippen LogP) is 4.41. The number of hydrogen-bond acceptors (Lipinski definition) is 9. The van der Waals surface area contributed by atoms with Gasteiger partial charge in [0.15, 0.2) is 0 Å². The summed E-state index contributed by atoms with van der Waals surface area (Å²) < 4.78 is 14.8. The molecule has 0 radical (unpaired) electrons. The van der Waals surface area contributed by atoms with E-state index in [0.29, 0.717) is 43.2 Å². The molecular weight excluding hydrogens is 756 g/mol. The van der Waals surface area contributed by atoms with Gasteiger partial charge in [0, 0.05) is 38.0 Å². The number of likely N-dealkylation sites (tertiary alicyclic amines) is 1. The van der Waals surface area contributed by atoms with E-state index in [0.717, 1.165) is 5.52 Å². The van der Waals surface area contributed by atoms with E-state index in [1.807, 2.05) is 61.5 Å². The maximum atomic E-state index is 14.9. The van der Waals surface area contributed by atoms with Crippen molar-refractivity contribution >= 4 is 50.7 Å². The number of nitrogens with zero attached hydrogens (tertiary/aromatic N) is 6. The second kappa shape index (κ2) is 17.0. The topological polar surface area (TPSA) is 147 Å². The minimum absolute atomic E-state index is 0.0157. The highest BCUT2D eigenvalue weighted by atomic mass is 79.9. The quantitative estimate of drug-likeness (QED) is 0.0855. The molecule has 54 heavy (non-hydrogen) atoms. The van der Waals surface area contributed by atoms with Gasteiger partial charge in [-0.1, -0.05) is 75.8 Å². The van der Waals surface area contributed by atoms with Crippen molar-refractivity contribution in [2.75, 3.05) is 26.7 Å². The van der Waals surface area contributed by atoms with Gasteiger partial charge in [-0.25, -0.2) is 4.68 Å². The Morgan fingerprint density at radius 2 is 1.85 bits per heavy atom. The zero-order valence-corrected chi connectivity index (χ0v) is 32.4. The lowest BCUT2D eigenvalue weighted by molar-refractivity contribution is -0.164. The molecule has 13 nitrogen and oxygen atoms in total. The summed E-state index contributed by atoms with van der Waals surface area (Å²) in [4.78, 5) is 61.8. The molecule has 1 spiro atoms. The second-order valence-electron chi connectivity index (χ2n) is 14.4. The number of aliphatic hydroxyl groups excluding tert-OH is 1. The maximum absolute atomic E-state index is 14.9. The van der Waals surface area contributed by atoms with Crippen LogP contribution in [0.2, 0.25) is 0 Å². The number of aromatic nitrogens is 3. The lowest BCUT2D eigenvalue weighted by atomic mass is 9.70. The highest BCUT2D eigenvalue weighted by molar-refractivity contribution is 9.09. The number of alkyl halides is 1. The molecule has 288 valence electrons. The van der Waals surface area contributed by atoms with Crippen molar-refractivity contribution in [2.45, 2.75) is 86.8 Å². The molecule has 3 aliphatic heterocycles. The van der Waals surface area contributed by atoms with E-state index in [2.05, 4.69) is 39.4 Å². The van der Waals surface area contributed by atoms with Crippen molar-refractivity contribution in [2.24, 2.45) is 11.8 Å². The van der Waals surface area contributed by atoms with Crippen LogP contribution in [0.15, 0.2) is 79.9 Å². The number of esters is 1. The van der Waals surface area contributed by atoms with Crippen LogP contribution in [-0.2, 0) is 35.3 Å². The summed E-state index contributed by atoms with van der Waals surface area (Å²) in [5, 5.41) is 18.0. The molecule has 4 heterocycles. The van der Waals surface area contributed by atoms with Gasteiger partial charge in [0.1, 0.15) is 29.9 Å². The van der Waals surface area contributed by atoms with E-state index in [-0.39, 0.29) is 55.3 Å². The Morgan fingerprint density at radius 3 is 2.57 bits per heavy atom. The van der Waals surface area contributed by atoms with Crippen LogP contribution in [0, 0.1) is 11.8 Å². The van der Waals surface area contributed by atoms with Gasteiger partial charge >= 0.3 is 5.97 Å². The van der Waals surface area contributed by atoms with Crippen LogP contribution in [-0.4, -0.2) is 114 Å². The lowest BCUT2D eigenvalue weighted by Gasteiger charge is -2.37. The summed E-state index contributed by atoms with van der Waals surface area (Å²) in [6, 6.07) is 15.1. The molecule has 8 atom stereocenters. The molecular formula is C40H49BrN6O7. The number of carbonyl (C=O) groups is 4. The first-order chi connectivity index (χ1) is 26.1. The number of amides is 3. The lowest BCUT2D eigenvalue weighted by Crippen LogP contribution is -2.57. The number of hydrogen-bond donors (Lipinski definition) is 1. The SMILES string of the molecule is C=CCCC(=O)N(C)[C@@H](C)[C@@H](OC(=O)[C@H]1[C@@H]2O[C@@]3(CC2Br)[C@@H]1C(=O)N(CCCCCO)[C@@H]3C(=O)N(CC=C)Cn1nnc2ccccc21)c1ccccc1. The predicted molar refractivity (Wildman–Crippen MR) is 205 cm³/mol. The van der Waals surface area contributed by atoms with Crippen LogP contribution in [0.3, 0.4) is 0 Å². The van der Waals surface area contributed by atoms with E-state index in [4.69, 9.17) is 9.47 Å². The minimum atomic E-state index is -1.32. The summed E-state index contributed by atoms with van der Waals surface area (Å²) in [7, 11) is 1.69. The third-order valence-corrected chi connectivity index (χ3v) is 12.0. The second-order valence-corrected chi connectivity index (χ2v) is 15.6. The van der Waals surface area contributed by atoms with Crippen LogP contribution in [0.4, 0.5) is 0 Å². The molecule has 1 unspecified atom stereocenters. The number of halogens is 1. The Morgan fingerprint density at radius 1 is 1.11 bits per heavy atom. The average molecular weight is 806 g/mol. The van der Waals surface area contributed by atoms with Crippen LogP contribution < -0.4 is 0 Å². The molecule has 2 aromatic carbocycles. The highest BCUT2D eigenvalue weighted by Crippen LogP contribution is 2.60. The van der Waals surface area contributed by atoms with Gasteiger partial charge in [0.25, 0.3) is 0 Å². The number of unbranched alkanes of at least 4 members (excludes halogenated alkanes) is 2. The van der Waals surface area contributed by atoms with Gasteiger partial charge in [-0.2, -0.15) is 0 Å². The van der Waals surface area contributed by atoms with Crippen LogP contribution in [0.25, 0.3) is 11.0 Å². The van der Waals surface area contributed by atoms with Gasteiger partial charge in [-0.15, -0.1) is 18.3 Å². The highest BCUT2D eigenvalue weighted by Gasteiger charge is 2.77. The first kappa shape index (κ1) is 39.3. The third-order valence-electron chi connectivity index (χ3n) is 11.1. The first-order valence-corrected chi connectivity index (χ1v) is 19.5. The van der Waals surface area contributed by atoms with Crippen molar-refractivity contribution in [1.29, 1.82) is 0 Å². The summed E-state index contributed by atoms with van der Waals surface area (Å²) in [5.41, 5.74) is 0.812. The molecule has 3 aliphatic rings. The fourth-order valence-corrected chi connectivity index (χ4v) is 9.29. The molecule has 0 saturated carbocycles. The number of ether oxygens (including phenoxy) is 2. The molecule has 3 aromatic rings. The Hall–Kier alpha value is -4.40. The molecule has 3 saturated heterocycles. The fraction of sp³-hybridized carbons (Fsp3) is 0.500. The number of likely N-dealkylation sites (N-methyl/N-ethyl adjacent to an activating group) is 1. The zero-order valence-electron chi connectivity index (χ0n) is 30.8. The van der Waals surface area contributed by atoms with E-state index in [9.17, 15) is 24.3 Å². The molecule has 0 aliphatic carbocycles. The van der Waals surface area contributed by atoms with E-state index < -0.39 is 47.7 Å². The molecule has 1 aromatic heterocycles. The molecule has 1 N–H and O–H groups in total. The van der Waals surface area contributed by atoms with Crippen molar-refractivity contribution in [3.05, 3.63) is 85.5 Å². The number of fused-ring (bicyclic) bond motifs is 2. The van der Waals surface area contributed by atoms with Crippen molar-refractivity contribution < 1.29 is 33.8 Å². The van der Waals surface area contributed by atoms with Crippen LogP contribution >= 0.6 is 15.9 Å². The zero-order chi connectivity index (χ0) is 38.6. The van der Waals surface area contributed by atoms with E-state index in [1.54, 1.807) is 38.6 Å². The first-order valence-electron chi connectivity index (χ1n) is 18.6. The number of para-hydroxylation sites is 1. The summed E-state index contributed by atoms with van der Waals surface area (Å²) in [6.07, 6.45) is 4.59. The molecule has 3 fully saturated rings. The number of carbonyl (C=O) groups excluding carboxylic acids is 4. The normalized spacial score (nSPS) is 25.3. The van der Waals surface area contributed by atoms with Gasteiger partial charge in [-0.05, 0) is 56.7 Å². The van der Waals surface area contributed by atoms with Crippen LogP contribution in [0.5, 0.6) is 0 Å². The molecule has 6 rings (SSSR count). The Kier molecular flexibility index (Phi) is 12.3. The fourth-order valence-electron chi connectivity index (χ4n) is 8.34. The molecule has 2 bridgehead atoms. The maximum Gasteiger partial charge on any atom is 0.313 e. The number of benzene rings is 2. The van der Waals surface area contributed by atoms with Crippen molar-refractivity contribution in [3.63, 3.8) is 0 Å². The van der Waals surface area contributed by atoms with Gasteiger partial charge in [0.2, 0.25) is 17.7 Å². The van der Waals surface area contributed by atoms with Crippen molar-refractivity contribution in [3.8, 4) is 0 Å². The Bertz CT molecular complexity index is 1860. The third kappa shape index (κ3) is 7.35. The van der Waals surface area contributed by atoms with E-state index in [1.165, 1.54) is 0 Å². The van der Waals surface area contributed by atoms with Gasteiger partial charge in [0.05, 0.1) is 29.5 Å². The van der Waals surface area contributed by atoms with Crippen LogP contribution in [0.1, 0.15) is 57.1 Å². The average Bonchev–Trinajstić information content (AvgIpc) is 3.90. The smallest absolute Gasteiger partial charge is 0.313 e. The monoisotopic (exact) mass is 804 g/mol.